The van der Waals surface area contributed by atoms with Gasteiger partial charge in [0.2, 0.25) is 5.69 Å². The lowest BCUT2D eigenvalue weighted by Gasteiger charge is -2.04. The van der Waals surface area contributed by atoms with Crippen LogP contribution in [0.4, 0.5) is 0 Å². The maximum Gasteiger partial charge on any atom is 0.435 e. The third-order valence-electron chi connectivity index (χ3n) is 4.70. The van der Waals surface area contributed by atoms with Crippen molar-refractivity contribution in [2.75, 3.05) is 0 Å². The molecule has 2 aromatic carbocycles. The van der Waals surface area contributed by atoms with Crippen molar-refractivity contribution >= 4 is 0 Å². The number of aromatic nitrogens is 4. The SMILES string of the molecule is Cc1nn(-c2ccc(-[n+]3[nH]oc(=O)c3-c3ccccc3)cc2)c(C)c1C. The van der Waals surface area contributed by atoms with Crippen LogP contribution < -0.4 is 10.3 Å². The molecule has 0 bridgehead atoms. The highest BCUT2D eigenvalue weighted by Gasteiger charge is 2.25. The summed E-state index contributed by atoms with van der Waals surface area (Å²) in [6, 6.07) is 17.3. The molecule has 0 saturated heterocycles. The molecule has 0 saturated carbocycles. The minimum absolute atomic E-state index is 0.408. The molecule has 6 heteroatoms. The molecule has 130 valence electrons. The third-order valence-corrected chi connectivity index (χ3v) is 4.70. The number of aryl methyl sites for hydroxylation is 1. The van der Waals surface area contributed by atoms with Crippen LogP contribution >= 0.6 is 0 Å². The molecule has 0 spiro atoms. The first kappa shape index (κ1) is 16.1. The summed E-state index contributed by atoms with van der Waals surface area (Å²) in [6.45, 7) is 6.13. The zero-order valence-electron chi connectivity index (χ0n) is 14.9. The topological polar surface area (TPSA) is 67.7 Å². The summed E-state index contributed by atoms with van der Waals surface area (Å²) in [4.78, 5) is 12.2. The molecule has 4 rings (SSSR count). The number of benzene rings is 2. The molecule has 0 amide bonds. The van der Waals surface area contributed by atoms with Gasteiger partial charge in [-0.25, -0.2) is 9.48 Å². The fourth-order valence-electron chi connectivity index (χ4n) is 3.01. The summed E-state index contributed by atoms with van der Waals surface area (Å²) in [5.41, 5.74) is 5.94. The molecule has 0 aliphatic carbocycles. The van der Waals surface area contributed by atoms with Crippen LogP contribution in [-0.4, -0.2) is 15.1 Å². The van der Waals surface area contributed by atoms with Crippen molar-refractivity contribution in [2.45, 2.75) is 20.8 Å². The Balaban J connectivity index is 1.77. The highest BCUT2D eigenvalue weighted by Crippen LogP contribution is 2.18. The lowest BCUT2D eigenvalue weighted by Crippen LogP contribution is -2.36. The van der Waals surface area contributed by atoms with Gasteiger partial charge in [0.05, 0.1) is 16.9 Å². The Bertz CT molecular complexity index is 1120. The summed E-state index contributed by atoms with van der Waals surface area (Å²) in [6.07, 6.45) is 0. The Labute approximate surface area is 150 Å². The molecule has 0 unspecified atom stereocenters. The van der Waals surface area contributed by atoms with Gasteiger partial charge in [-0.15, -0.1) is 0 Å². The zero-order chi connectivity index (χ0) is 18.3. The second-order valence-electron chi connectivity index (χ2n) is 6.25. The number of nitrogens with zero attached hydrogens (tertiary/aromatic N) is 3. The van der Waals surface area contributed by atoms with Crippen molar-refractivity contribution in [1.29, 1.82) is 0 Å². The van der Waals surface area contributed by atoms with Gasteiger partial charge >= 0.3 is 11.3 Å². The number of nitrogens with one attached hydrogen (secondary N) is 1. The fraction of sp³-hybridized carbons (Fsp3) is 0.150. The van der Waals surface area contributed by atoms with E-state index in [9.17, 15) is 4.79 Å². The van der Waals surface area contributed by atoms with Crippen LogP contribution in [0.15, 0.2) is 63.9 Å². The smallest absolute Gasteiger partial charge is 0.282 e. The minimum Gasteiger partial charge on any atom is -0.282 e. The number of rotatable bonds is 3. The largest absolute Gasteiger partial charge is 0.435 e. The Hall–Kier alpha value is -3.41. The van der Waals surface area contributed by atoms with Gasteiger partial charge in [0, 0.05) is 17.8 Å². The quantitative estimate of drug-likeness (QED) is 0.579. The molecule has 4 aromatic rings. The molecule has 2 heterocycles. The van der Waals surface area contributed by atoms with Gasteiger partial charge in [0.15, 0.2) is 0 Å². The van der Waals surface area contributed by atoms with Crippen molar-refractivity contribution < 1.29 is 9.20 Å². The standard InChI is InChI=1S/C20H18N4O2/c1-13-14(2)21-23(15(13)3)17-9-11-18(12-10-17)24-19(20(25)26-22-24)16-7-5-4-6-8-16/h4-12H,1-3H3/p+1. The predicted octanol–water partition coefficient (Wildman–Crippen LogP) is 3.02. The fourth-order valence-corrected chi connectivity index (χ4v) is 3.01. The summed E-state index contributed by atoms with van der Waals surface area (Å²) in [7, 11) is 0. The van der Waals surface area contributed by atoms with Crippen molar-refractivity contribution in [3.8, 4) is 22.6 Å². The normalized spacial score (nSPS) is 11.0. The van der Waals surface area contributed by atoms with E-state index in [4.69, 9.17) is 4.52 Å². The summed E-state index contributed by atoms with van der Waals surface area (Å²) in [5, 5.41) is 7.26. The van der Waals surface area contributed by atoms with Crippen LogP contribution in [0.5, 0.6) is 0 Å². The first-order valence-electron chi connectivity index (χ1n) is 8.39. The molecule has 0 atom stereocenters. The number of H-pyrrole nitrogens is 1. The molecule has 6 nitrogen and oxygen atoms in total. The Morgan fingerprint density at radius 3 is 2.31 bits per heavy atom. The highest BCUT2D eigenvalue weighted by atomic mass is 16.5. The average molecular weight is 347 g/mol. The third kappa shape index (κ3) is 2.56. The maximum absolute atomic E-state index is 12.2. The molecule has 0 fully saturated rings. The molecular weight excluding hydrogens is 328 g/mol. The van der Waals surface area contributed by atoms with E-state index in [1.165, 1.54) is 5.56 Å². The number of hydrogen-bond donors (Lipinski definition) is 1. The van der Waals surface area contributed by atoms with Crippen LogP contribution in [0.1, 0.15) is 17.0 Å². The lowest BCUT2D eigenvalue weighted by atomic mass is 10.1. The Morgan fingerprint density at radius 1 is 1.00 bits per heavy atom. The van der Waals surface area contributed by atoms with E-state index in [1.54, 1.807) is 4.68 Å². The van der Waals surface area contributed by atoms with E-state index >= 15 is 0 Å². The van der Waals surface area contributed by atoms with Crippen LogP contribution in [0.2, 0.25) is 0 Å². The first-order valence-corrected chi connectivity index (χ1v) is 8.39. The molecule has 0 radical (unpaired) electrons. The zero-order valence-corrected chi connectivity index (χ0v) is 14.9. The second kappa shape index (κ2) is 6.15. The summed E-state index contributed by atoms with van der Waals surface area (Å²) in [5.74, 6) is 0. The molecule has 1 N–H and O–H groups in total. The molecule has 0 aliphatic heterocycles. The molecule has 26 heavy (non-hydrogen) atoms. The molecular formula is C20H19N4O2+. The monoisotopic (exact) mass is 347 g/mol. The average Bonchev–Trinajstić information content (AvgIpc) is 3.18. The van der Waals surface area contributed by atoms with Crippen molar-refractivity contribution in [3.05, 3.63) is 82.0 Å². The van der Waals surface area contributed by atoms with E-state index in [1.807, 2.05) is 66.2 Å². The van der Waals surface area contributed by atoms with Gasteiger partial charge in [-0.05, 0) is 60.6 Å². The van der Waals surface area contributed by atoms with Gasteiger partial charge in [-0.1, -0.05) is 18.2 Å². The minimum atomic E-state index is -0.408. The summed E-state index contributed by atoms with van der Waals surface area (Å²) < 4.78 is 8.60. The van der Waals surface area contributed by atoms with E-state index in [0.29, 0.717) is 5.69 Å². The van der Waals surface area contributed by atoms with E-state index < -0.39 is 5.63 Å². The highest BCUT2D eigenvalue weighted by molar-refractivity contribution is 5.55. The van der Waals surface area contributed by atoms with Gasteiger partial charge in [0.25, 0.3) is 0 Å². The summed E-state index contributed by atoms with van der Waals surface area (Å²) >= 11 is 0. The second-order valence-corrected chi connectivity index (χ2v) is 6.25. The number of hydrogen-bond acceptors (Lipinski definition) is 3. The van der Waals surface area contributed by atoms with E-state index in [-0.39, 0.29) is 0 Å². The Kier molecular flexibility index (Phi) is 3.80. The van der Waals surface area contributed by atoms with E-state index in [2.05, 4.69) is 24.2 Å². The van der Waals surface area contributed by atoms with Crippen molar-refractivity contribution in [3.63, 3.8) is 0 Å². The van der Waals surface area contributed by atoms with Gasteiger partial charge in [-0.2, -0.15) is 5.10 Å². The van der Waals surface area contributed by atoms with Crippen LogP contribution in [0.25, 0.3) is 22.6 Å². The Morgan fingerprint density at radius 2 is 1.69 bits per heavy atom. The van der Waals surface area contributed by atoms with Gasteiger partial charge < -0.3 is 0 Å². The van der Waals surface area contributed by atoms with Crippen molar-refractivity contribution in [2.24, 2.45) is 0 Å². The van der Waals surface area contributed by atoms with Crippen LogP contribution in [0, 0.1) is 20.8 Å². The first-order chi connectivity index (χ1) is 12.6. The lowest BCUT2D eigenvalue weighted by molar-refractivity contribution is -0.660. The van der Waals surface area contributed by atoms with E-state index in [0.717, 1.165) is 28.3 Å². The van der Waals surface area contributed by atoms with Gasteiger partial charge in [-0.3, -0.25) is 4.52 Å². The predicted molar refractivity (Wildman–Crippen MR) is 97.6 cm³/mol. The number of aromatic amines is 1. The maximum atomic E-state index is 12.2. The van der Waals surface area contributed by atoms with Crippen LogP contribution in [-0.2, 0) is 0 Å². The van der Waals surface area contributed by atoms with Gasteiger partial charge in [0.1, 0.15) is 0 Å². The molecule has 0 aliphatic rings. The van der Waals surface area contributed by atoms with Crippen molar-refractivity contribution in [1.82, 2.24) is 15.1 Å². The molecule has 2 aromatic heterocycles. The van der Waals surface area contributed by atoms with Crippen LogP contribution in [0.3, 0.4) is 0 Å².